The first kappa shape index (κ1) is 39.9. The molecule has 0 spiro atoms. The molecule has 4 heterocycles. The molecule has 7 aromatic carbocycles. The zero-order valence-corrected chi connectivity index (χ0v) is 39.8. The van der Waals surface area contributed by atoms with Gasteiger partial charge in [-0.3, -0.25) is 4.98 Å². The fourth-order valence-corrected chi connectivity index (χ4v) is 8.77. The third-order valence-electron chi connectivity index (χ3n) is 12.1. The predicted molar refractivity (Wildman–Crippen MR) is 263 cm³/mol. The van der Waals surface area contributed by atoms with Crippen LogP contribution in [0.2, 0.25) is 0 Å². The Morgan fingerprint density at radius 3 is 2.12 bits per heavy atom. The van der Waals surface area contributed by atoms with E-state index in [1.54, 1.807) is 6.07 Å². The minimum absolute atomic E-state index is 0. The van der Waals surface area contributed by atoms with E-state index in [9.17, 15) is 0 Å². The van der Waals surface area contributed by atoms with Crippen LogP contribution in [-0.2, 0) is 25.5 Å². The van der Waals surface area contributed by atoms with E-state index >= 15 is 0 Å². The maximum absolute atomic E-state index is 7.77. The van der Waals surface area contributed by atoms with Gasteiger partial charge in [0, 0.05) is 59.8 Å². The van der Waals surface area contributed by atoms with Crippen molar-refractivity contribution in [1.82, 2.24) is 19.5 Å². The molecule has 0 amide bonds. The van der Waals surface area contributed by atoms with Gasteiger partial charge >= 0.3 is 0 Å². The molecule has 65 heavy (non-hydrogen) atoms. The summed E-state index contributed by atoms with van der Waals surface area (Å²) >= 11 is 0. The average Bonchev–Trinajstić information content (AvgIpc) is 4.04. The van der Waals surface area contributed by atoms with Gasteiger partial charge in [-0.05, 0) is 86.5 Å². The second kappa shape index (κ2) is 17.4. The fraction of sp³-hybridized carbons (Fsp3) is 0.190. The van der Waals surface area contributed by atoms with Crippen molar-refractivity contribution in [3.05, 3.63) is 180 Å². The molecule has 0 bridgehead atoms. The fourth-order valence-electron chi connectivity index (χ4n) is 8.77. The first-order valence-corrected chi connectivity index (χ1v) is 21.9. The number of hydrogen-bond donors (Lipinski definition) is 0. The predicted octanol–water partition coefficient (Wildman–Crippen LogP) is 15.8. The molecule has 6 nitrogen and oxygen atoms in total. The van der Waals surface area contributed by atoms with Crippen molar-refractivity contribution < 1.29 is 33.1 Å². The normalized spacial score (nSPS) is 12.7. The molecule has 1 radical (unpaired) electrons. The molecule has 0 saturated carbocycles. The van der Waals surface area contributed by atoms with Crippen molar-refractivity contribution in [2.45, 2.75) is 72.6 Å². The van der Waals surface area contributed by atoms with E-state index in [4.69, 9.17) is 17.9 Å². The summed E-state index contributed by atoms with van der Waals surface area (Å²) in [6, 6.07) is 54.2. The topological polar surface area (TPSA) is 69.9 Å². The Balaban J connectivity index is 0.000000289. The van der Waals surface area contributed by atoms with Gasteiger partial charge in [-0.1, -0.05) is 126 Å². The van der Waals surface area contributed by atoms with Gasteiger partial charge in [-0.2, -0.15) is 0 Å². The van der Waals surface area contributed by atoms with E-state index in [0.717, 1.165) is 60.9 Å². The maximum Gasteiger partial charge on any atom is 0.192 e. The van der Waals surface area contributed by atoms with Crippen LogP contribution in [0.15, 0.2) is 155 Å². The summed E-state index contributed by atoms with van der Waals surface area (Å²) in [4.78, 5) is 14.1. The quantitative estimate of drug-likeness (QED) is 0.155. The zero-order valence-electron chi connectivity index (χ0n) is 40.4. The number of hydrogen-bond acceptors (Lipinski definition) is 5. The molecule has 325 valence electrons. The molecular formula is C58H50IrN4O2-2. The summed E-state index contributed by atoms with van der Waals surface area (Å²) < 4.78 is 37.9. The number of furan rings is 1. The van der Waals surface area contributed by atoms with Crippen LogP contribution >= 0.6 is 0 Å². The molecule has 11 rings (SSSR count). The summed E-state index contributed by atoms with van der Waals surface area (Å²) in [6.07, 6.45) is 1.87. The van der Waals surface area contributed by atoms with E-state index in [1.807, 2.05) is 48.7 Å². The molecule has 7 heteroatoms. The maximum atomic E-state index is 7.77. The van der Waals surface area contributed by atoms with E-state index in [0.29, 0.717) is 22.3 Å². The van der Waals surface area contributed by atoms with Crippen molar-refractivity contribution in [3.8, 4) is 39.5 Å². The van der Waals surface area contributed by atoms with E-state index < -0.39 is 6.85 Å². The number of pyridine rings is 1. The summed E-state index contributed by atoms with van der Waals surface area (Å²) in [5.41, 5.74) is 14.1. The Labute approximate surface area is 398 Å². The van der Waals surface area contributed by atoms with Crippen LogP contribution in [0.5, 0.6) is 0 Å². The largest absolute Gasteiger partial charge is 0.500 e. The number of benzene rings is 7. The molecule has 0 aliphatic heterocycles. The van der Waals surface area contributed by atoms with E-state index in [2.05, 4.69) is 166 Å². The molecule has 11 aromatic rings. The Morgan fingerprint density at radius 2 is 1.40 bits per heavy atom. The molecule has 0 aliphatic carbocycles. The number of nitrogens with zero attached hydrogens (tertiary/aromatic N) is 4. The third kappa shape index (κ3) is 8.09. The molecule has 0 aliphatic rings. The second-order valence-electron chi connectivity index (χ2n) is 18.1. The van der Waals surface area contributed by atoms with Crippen LogP contribution < -0.4 is 0 Å². The number of oxazole rings is 1. The summed E-state index contributed by atoms with van der Waals surface area (Å²) in [5.74, 6) is 0.851. The van der Waals surface area contributed by atoms with Crippen molar-refractivity contribution in [2.75, 3.05) is 0 Å². The third-order valence-corrected chi connectivity index (χ3v) is 12.1. The minimum Gasteiger partial charge on any atom is -0.500 e. The molecular weight excluding hydrogens is 977 g/mol. The Bertz CT molecular complexity index is 3590. The van der Waals surface area contributed by atoms with Gasteiger partial charge in [-0.25, -0.2) is 4.98 Å². The number of imidazole rings is 1. The Hall–Kier alpha value is -6.66. The zero-order chi connectivity index (χ0) is 46.8. The number of rotatable bonds is 6. The van der Waals surface area contributed by atoms with Crippen LogP contribution in [0.25, 0.3) is 94.3 Å². The van der Waals surface area contributed by atoms with Gasteiger partial charge in [-0.15, -0.1) is 54.1 Å². The van der Waals surface area contributed by atoms with Gasteiger partial charge in [0.25, 0.3) is 0 Å². The van der Waals surface area contributed by atoms with Gasteiger partial charge in [0.2, 0.25) is 0 Å². The van der Waals surface area contributed by atoms with Gasteiger partial charge in [0.15, 0.2) is 11.5 Å². The van der Waals surface area contributed by atoms with Gasteiger partial charge in [0.05, 0.1) is 22.4 Å². The number of aromatic nitrogens is 4. The van der Waals surface area contributed by atoms with E-state index in [1.165, 1.54) is 27.8 Å². The molecule has 0 unspecified atom stereocenters. The van der Waals surface area contributed by atoms with Crippen molar-refractivity contribution in [2.24, 2.45) is 0 Å². The summed E-state index contributed by atoms with van der Waals surface area (Å²) in [5, 5.41) is 3.91. The van der Waals surface area contributed by atoms with Crippen LogP contribution in [0.3, 0.4) is 0 Å². The first-order valence-electron chi connectivity index (χ1n) is 23.4. The van der Waals surface area contributed by atoms with E-state index in [-0.39, 0.29) is 43.2 Å². The van der Waals surface area contributed by atoms with Gasteiger partial charge in [0.1, 0.15) is 11.1 Å². The molecule has 0 fully saturated rings. The van der Waals surface area contributed by atoms with Crippen molar-refractivity contribution in [3.63, 3.8) is 0 Å². The van der Waals surface area contributed by atoms with Gasteiger partial charge < -0.3 is 18.4 Å². The van der Waals surface area contributed by atoms with Crippen molar-refractivity contribution in [1.29, 1.82) is 0 Å². The summed E-state index contributed by atoms with van der Waals surface area (Å²) in [6.45, 7) is 13.2. The first-order chi connectivity index (χ1) is 32.1. The standard InChI is InChI=1S/C43H34N3O2.C15H16N.Ir/c1-24(2)33-20-29(27-12-7-6-8-13-27)21-34(25(3)4)40(33)46-41-30-15-10-9-14-28(30)18-19-36(41)45-43(46)32-17-11-16-31-35-22-37-39(47-26(5)44-37)23-38(35)48-42(31)32;1-15(2,3)13-9-10-16-14(11-13)12-7-5-4-6-8-12;/h6-16,18-25H,1-5H3;4-7,9-11H,1-3H3;/q2*-1;/i5D3;;. The minimum atomic E-state index is -2.45. The molecule has 0 N–H and O–H groups in total. The summed E-state index contributed by atoms with van der Waals surface area (Å²) in [7, 11) is 0. The number of fused-ring (bicyclic) bond motifs is 7. The average molecular weight is 1030 g/mol. The smallest absolute Gasteiger partial charge is 0.192 e. The Kier molecular flexibility index (Phi) is 10.7. The molecule has 0 saturated heterocycles. The second-order valence-corrected chi connectivity index (χ2v) is 18.1. The van der Waals surface area contributed by atoms with Crippen LogP contribution in [0.4, 0.5) is 0 Å². The van der Waals surface area contributed by atoms with Crippen LogP contribution in [0.1, 0.15) is 87.0 Å². The van der Waals surface area contributed by atoms with Crippen LogP contribution in [-0.4, -0.2) is 19.5 Å². The van der Waals surface area contributed by atoms with Crippen molar-refractivity contribution >= 4 is 54.8 Å². The van der Waals surface area contributed by atoms with Crippen LogP contribution in [0, 0.1) is 19.0 Å². The molecule has 4 aromatic heterocycles. The SMILES string of the molecule is CC(C)(C)c1ccnc(-c2[c-]cccc2)c1.[2H]C([2H])([2H])c1nc2cc3c(cc2o1)oc1c(-c2nc4ccc5ccccc5c4n2-c2c(C(C)C)cc(-c4ccccc4)cc2C(C)C)[c-]ccc13.[Ir]. The molecule has 0 atom stereocenters. The number of aryl methyl sites for hydroxylation is 1. The Morgan fingerprint density at radius 1 is 0.646 bits per heavy atom. The monoisotopic (exact) mass is 1030 g/mol.